The number of carbonyl (C=O) groups excluding carboxylic acids is 1. The monoisotopic (exact) mass is 295 g/mol. The van der Waals surface area contributed by atoms with E-state index in [-0.39, 0.29) is 11.9 Å². The Kier molecular flexibility index (Phi) is 3.78. The fraction of sp³-hybridized carbons (Fsp3) is 0.0667. The van der Waals surface area contributed by atoms with Gasteiger partial charge in [-0.1, -0.05) is 35.5 Å². The van der Waals surface area contributed by atoms with Crippen LogP contribution in [0.1, 0.15) is 5.56 Å². The van der Waals surface area contributed by atoms with Crippen LogP contribution in [0.25, 0.3) is 17.7 Å². The van der Waals surface area contributed by atoms with Crippen molar-refractivity contribution in [3.63, 3.8) is 0 Å². The number of hydrogen-bond donors (Lipinski definition) is 1. The maximum absolute atomic E-state index is 11.8. The molecule has 1 aromatic carbocycles. The van der Waals surface area contributed by atoms with Crippen LogP contribution >= 0.6 is 0 Å². The number of rotatable bonds is 4. The lowest BCUT2D eigenvalue weighted by molar-refractivity contribution is -0.112. The summed E-state index contributed by atoms with van der Waals surface area (Å²) in [5, 5.41) is 6.29. The van der Waals surface area contributed by atoms with E-state index >= 15 is 0 Å². The average molecular weight is 295 g/mol. The van der Waals surface area contributed by atoms with Gasteiger partial charge in [-0.3, -0.25) is 10.1 Å². The molecule has 2 aromatic heterocycles. The van der Waals surface area contributed by atoms with Crippen molar-refractivity contribution in [2.45, 2.75) is 0 Å². The second-order valence-corrected chi connectivity index (χ2v) is 4.52. The average Bonchev–Trinajstić information content (AvgIpc) is 3.15. The first-order valence-electron chi connectivity index (χ1n) is 6.58. The van der Waals surface area contributed by atoms with Crippen LogP contribution in [0.3, 0.4) is 0 Å². The Labute approximate surface area is 126 Å². The van der Waals surface area contributed by atoms with Gasteiger partial charge in [0.1, 0.15) is 0 Å². The third-order valence-corrected chi connectivity index (χ3v) is 2.90. The maximum atomic E-state index is 11.8. The van der Waals surface area contributed by atoms with Crippen molar-refractivity contribution in [1.29, 1.82) is 0 Å². The molecule has 1 amide bonds. The van der Waals surface area contributed by atoms with E-state index < -0.39 is 0 Å². The van der Waals surface area contributed by atoms with Crippen molar-refractivity contribution in [2.24, 2.45) is 7.05 Å². The number of carbonyl (C=O) groups is 1. The molecule has 0 fully saturated rings. The number of nitrogens with one attached hydrogen (secondary N) is 1. The number of nitrogens with zero attached hydrogens (tertiary/aromatic N) is 4. The molecule has 22 heavy (non-hydrogen) atoms. The van der Waals surface area contributed by atoms with Gasteiger partial charge in [-0.25, -0.2) is 4.98 Å². The van der Waals surface area contributed by atoms with Gasteiger partial charge in [0.05, 0.1) is 0 Å². The topological polar surface area (TPSA) is 85.8 Å². The van der Waals surface area contributed by atoms with Gasteiger partial charge in [0, 0.05) is 25.5 Å². The molecule has 110 valence electrons. The molecule has 0 bridgehead atoms. The molecular formula is C15H13N5O2. The molecule has 0 aliphatic heterocycles. The van der Waals surface area contributed by atoms with Crippen molar-refractivity contribution in [1.82, 2.24) is 19.7 Å². The molecule has 7 heteroatoms. The summed E-state index contributed by atoms with van der Waals surface area (Å²) in [5.74, 6) is 0.526. The van der Waals surface area contributed by atoms with Crippen LogP contribution in [0.15, 0.2) is 53.3 Å². The molecule has 0 unspecified atom stereocenters. The van der Waals surface area contributed by atoms with Crippen LogP contribution < -0.4 is 5.32 Å². The summed E-state index contributed by atoms with van der Waals surface area (Å²) in [6, 6.07) is 9.53. The summed E-state index contributed by atoms with van der Waals surface area (Å²) in [6.45, 7) is 0. The molecule has 0 spiro atoms. The van der Waals surface area contributed by atoms with Crippen LogP contribution in [0, 0.1) is 0 Å². The Morgan fingerprint density at radius 1 is 1.32 bits per heavy atom. The molecule has 0 saturated carbocycles. The zero-order valence-electron chi connectivity index (χ0n) is 11.8. The highest BCUT2D eigenvalue weighted by atomic mass is 16.5. The SMILES string of the molecule is Cn1ccnc1-c1noc(NC(=O)C=Cc2ccccc2)n1. The first-order valence-corrected chi connectivity index (χ1v) is 6.58. The van der Waals surface area contributed by atoms with Crippen molar-refractivity contribution < 1.29 is 9.32 Å². The van der Waals surface area contributed by atoms with Crippen LogP contribution in [0.5, 0.6) is 0 Å². The molecule has 0 saturated heterocycles. The van der Waals surface area contributed by atoms with Crippen LogP contribution in [-0.4, -0.2) is 25.6 Å². The highest BCUT2D eigenvalue weighted by Crippen LogP contribution is 2.14. The zero-order valence-corrected chi connectivity index (χ0v) is 11.8. The Bertz CT molecular complexity index is 804. The van der Waals surface area contributed by atoms with Crippen molar-refractivity contribution in [2.75, 3.05) is 5.32 Å². The van der Waals surface area contributed by atoms with E-state index in [4.69, 9.17) is 4.52 Å². The molecule has 0 aliphatic carbocycles. The van der Waals surface area contributed by atoms with Crippen molar-refractivity contribution in [3.8, 4) is 11.6 Å². The Hall–Kier alpha value is -3.22. The number of aryl methyl sites for hydroxylation is 1. The normalized spacial score (nSPS) is 11.0. The molecule has 0 atom stereocenters. The summed E-state index contributed by atoms with van der Waals surface area (Å²) >= 11 is 0. The summed E-state index contributed by atoms with van der Waals surface area (Å²) in [6.07, 6.45) is 6.50. The fourth-order valence-corrected chi connectivity index (χ4v) is 1.83. The van der Waals surface area contributed by atoms with E-state index in [9.17, 15) is 4.79 Å². The van der Waals surface area contributed by atoms with Gasteiger partial charge in [0.25, 0.3) is 5.91 Å². The summed E-state index contributed by atoms with van der Waals surface area (Å²) in [4.78, 5) is 20.0. The van der Waals surface area contributed by atoms with E-state index in [1.807, 2.05) is 37.4 Å². The smallest absolute Gasteiger partial charge is 0.328 e. The lowest BCUT2D eigenvalue weighted by Crippen LogP contribution is -2.07. The lowest BCUT2D eigenvalue weighted by atomic mass is 10.2. The number of hydrogen-bond acceptors (Lipinski definition) is 5. The van der Waals surface area contributed by atoms with Crippen LogP contribution in [-0.2, 0) is 11.8 Å². The fourth-order valence-electron chi connectivity index (χ4n) is 1.83. The zero-order chi connectivity index (χ0) is 15.4. The first kappa shape index (κ1) is 13.7. The summed E-state index contributed by atoms with van der Waals surface area (Å²) < 4.78 is 6.74. The molecule has 0 radical (unpaired) electrons. The minimum absolute atomic E-state index is 0.0284. The maximum Gasteiger partial charge on any atom is 0.328 e. The van der Waals surface area contributed by atoms with Gasteiger partial charge < -0.3 is 9.09 Å². The molecule has 1 N–H and O–H groups in total. The predicted octanol–water partition coefficient (Wildman–Crippen LogP) is 2.12. The number of amides is 1. The van der Waals surface area contributed by atoms with Gasteiger partial charge in [-0.15, -0.1) is 0 Å². The highest BCUT2D eigenvalue weighted by Gasteiger charge is 2.13. The van der Waals surface area contributed by atoms with Gasteiger partial charge in [0.2, 0.25) is 5.82 Å². The van der Waals surface area contributed by atoms with E-state index in [1.165, 1.54) is 6.08 Å². The second-order valence-electron chi connectivity index (χ2n) is 4.52. The molecule has 0 aliphatic rings. The molecule has 7 nitrogen and oxygen atoms in total. The molecule has 3 aromatic rings. The van der Waals surface area contributed by atoms with E-state index in [0.29, 0.717) is 11.6 Å². The Balaban J connectivity index is 1.67. The lowest BCUT2D eigenvalue weighted by Gasteiger charge is -1.94. The molecule has 3 rings (SSSR count). The van der Waals surface area contributed by atoms with Gasteiger partial charge >= 0.3 is 6.01 Å². The summed E-state index contributed by atoms with van der Waals surface area (Å²) in [7, 11) is 1.82. The highest BCUT2D eigenvalue weighted by molar-refractivity contribution is 6.00. The number of benzene rings is 1. The van der Waals surface area contributed by atoms with Gasteiger partial charge in [0.15, 0.2) is 5.82 Å². The third-order valence-electron chi connectivity index (χ3n) is 2.90. The van der Waals surface area contributed by atoms with E-state index in [2.05, 4.69) is 20.4 Å². The van der Waals surface area contributed by atoms with Crippen molar-refractivity contribution >= 4 is 18.0 Å². The van der Waals surface area contributed by atoms with E-state index in [1.54, 1.807) is 23.0 Å². The minimum Gasteiger partial charge on any atom is -0.331 e. The Morgan fingerprint density at radius 2 is 2.14 bits per heavy atom. The minimum atomic E-state index is -0.348. The second kappa shape index (κ2) is 6.04. The Morgan fingerprint density at radius 3 is 2.86 bits per heavy atom. The van der Waals surface area contributed by atoms with Crippen LogP contribution in [0.4, 0.5) is 6.01 Å². The van der Waals surface area contributed by atoms with Gasteiger partial charge in [-0.05, 0) is 11.6 Å². The summed E-state index contributed by atoms with van der Waals surface area (Å²) in [5.41, 5.74) is 0.928. The predicted molar refractivity (Wildman–Crippen MR) is 80.6 cm³/mol. The van der Waals surface area contributed by atoms with E-state index in [0.717, 1.165) is 5.56 Å². The number of imidazole rings is 1. The third kappa shape index (κ3) is 3.09. The quantitative estimate of drug-likeness (QED) is 0.745. The van der Waals surface area contributed by atoms with Crippen LogP contribution in [0.2, 0.25) is 0 Å². The first-order chi connectivity index (χ1) is 10.7. The number of anilines is 1. The van der Waals surface area contributed by atoms with Gasteiger partial charge in [-0.2, -0.15) is 4.98 Å². The number of aromatic nitrogens is 4. The molecular weight excluding hydrogens is 282 g/mol. The van der Waals surface area contributed by atoms with Crippen molar-refractivity contribution in [3.05, 3.63) is 54.4 Å². The molecule has 2 heterocycles. The largest absolute Gasteiger partial charge is 0.331 e. The standard InChI is InChI=1S/C15H13N5O2/c1-20-10-9-16-14(20)13-18-15(22-19-13)17-12(21)8-7-11-5-3-2-4-6-11/h2-10H,1H3,(H,17,18,19,21).